The van der Waals surface area contributed by atoms with Crippen molar-refractivity contribution in [2.24, 2.45) is 0 Å². The number of aromatic nitrogens is 3. The molecule has 0 atom stereocenters. The van der Waals surface area contributed by atoms with Gasteiger partial charge in [0.25, 0.3) is 0 Å². The van der Waals surface area contributed by atoms with Gasteiger partial charge in [0.15, 0.2) is 0 Å². The summed E-state index contributed by atoms with van der Waals surface area (Å²) < 4.78 is 0.746. The molecule has 88 valence electrons. The van der Waals surface area contributed by atoms with Gasteiger partial charge in [-0.2, -0.15) is 0 Å². The molecule has 0 aliphatic heterocycles. The minimum atomic E-state index is -1.19. The first kappa shape index (κ1) is 10.9. The minimum Gasteiger partial charge on any atom is -0.478 e. The largest absolute Gasteiger partial charge is 0.478 e. The number of aromatic amines is 2. The average molecular weight is 235 g/mol. The van der Waals surface area contributed by atoms with Crippen LogP contribution in [0.2, 0.25) is 0 Å². The zero-order valence-corrected chi connectivity index (χ0v) is 8.85. The lowest BCUT2D eigenvalue weighted by atomic mass is 10.1. The van der Waals surface area contributed by atoms with Crippen LogP contribution in [0.15, 0.2) is 27.8 Å². The lowest BCUT2D eigenvalue weighted by Crippen LogP contribution is -2.26. The summed E-state index contributed by atoms with van der Waals surface area (Å²) in [7, 11) is 0. The molecule has 7 heteroatoms. The number of carbonyl (C=O) groups is 1. The number of benzene rings is 1. The molecule has 1 heterocycles. The normalized spacial score (nSPS) is 10.4. The summed E-state index contributed by atoms with van der Waals surface area (Å²) in [5, 5.41) is 13.3. The highest BCUT2D eigenvalue weighted by atomic mass is 16.4. The Labute approximate surface area is 94.3 Å². The second kappa shape index (κ2) is 3.78. The minimum absolute atomic E-state index is 0.0463. The third-order valence-electron chi connectivity index (χ3n) is 2.39. The van der Waals surface area contributed by atoms with Gasteiger partial charge in [-0.1, -0.05) is 12.1 Å². The van der Waals surface area contributed by atoms with E-state index in [1.54, 1.807) is 19.1 Å². The fraction of sp³-hybridized carbons (Fsp3) is 0.100. The molecule has 2 rings (SSSR count). The van der Waals surface area contributed by atoms with Crippen LogP contribution in [0.1, 0.15) is 15.9 Å². The number of H-pyrrole nitrogens is 2. The molecule has 3 N–H and O–H groups in total. The van der Waals surface area contributed by atoms with Gasteiger partial charge in [0, 0.05) is 0 Å². The van der Waals surface area contributed by atoms with Crippen LogP contribution < -0.4 is 11.4 Å². The molecule has 0 bridgehead atoms. The van der Waals surface area contributed by atoms with Crippen LogP contribution in [0.5, 0.6) is 0 Å². The van der Waals surface area contributed by atoms with Crippen molar-refractivity contribution in [2.45, 2.75) is 6.92 Å². The van der Waals surface area contributed by atoms with E-state index in [4.69, 9.17) is 5.11 Å². The van der Waals surface area contributed by atoms with Crippen LogP contribution >= 0.6 is 0 Å². The molecule has 0 fully saturated rings. The number of aryl methyl sites for hydroxylation is 1. The van der Waals surface area contributed by atoms with Crippen molar-refractivity contribution in [1.29, 1.82) is 0 Å². The van der Waals surface area contributed by atoms with E-state index in [0.717, 1.165) is 4.57 Å². The molecule has 0 aliphatic rings. The highest BCUT2D eigenvalue weighted by Crippen LogP contribution is 2.15. The van der Waals surface area contributed by atoms with Gasteiger partial charge in [0.1, 0.15) is 0 Å². The number of aromatic carboxylic acids is 1. The first-order valence-electron chi connectivity index (χ1n) is 4.75. The van der Waals surface area contributed by atoms with Crippen molar-refractivity contribution in [3.8, 4) is 5.69 Å². The topological polar surface area (TPSA) is 108 Å². The molecule has 1 aromatic heterocycles. The standard InChI is InChI=1S/C10H9N3O4/c1-5-3-2-4-6(7(5)8(14)15)13-9(16)11-12-10(13)17/h2-4H,1H3,(H,11,16)(H,12,17)(H,14,15). The third kappa shape index (κ3) is 1.67. The second-order valence-electron chi connectivity index (χ2n) is 3.47. The average Bonchev–Trinajstić information content (AvgIpc) is 2.57. The van der Waals surface area contributed by atoms with Crippen molar-refractivity contribution in [3.63, 3.8) is 0 Å². The zero-order chi connectivity index (χ0) is 12.6. The van der Waals surface area contributed by atoms with Gasteiger partial charge in [-0.05, 0) is 18.6 Å². The molecule has 0 spiro atoms. The molecule has 0 aliphatic carbocycles. The Morgan fingerprint density at radius 2 is 1.82 bits per heavy atom. The van der Waals surface area contributed by atoms with Crippen molar-refractivity contribution in [1.82, 2.24) is 14.8 Å². The van der Waals surface area contributed by atoms with E-state index in [-0.39, 0.29) is 11.3 Å². The fourth-order valence-electron chi connectivity index (χ4n) is 1.65. The molecule has 0 saturated heterocycles. The first-order chi connectivity index (χ1) is 8.02. The van der Waals surface area contributed by atoms with E-state index in [0.29, 0.717) is 5.56 Å². The number of nitrogens with one attached hydrogen (secondary N) is 2. The number of hydrogen-bond donors (Lipinski definition) is 3. The number of carboxylic acids is 1. The summed E-state index contributed by atoms with van der Waals surface area (Å²) in [5.74, 6) is -1.19. The number of rotatable bonds is 2. The molecule has 1 aromatic carbocycles. The summed E-state index contributed by atoms with van der Waals surface area (Å²) in [6.45, 7) is 1.60. The summed E-state index contributed by atoms with van der Waals surface area (Å²) in [6, 6.07) is 4.58. The Morgan fingerprint density at radius 1 is 1.24 bits per heavy atom. The van der Waals surface area contributed by atoms with Gasteiger partial charge in [-0.25, -0.2) is 29.1 Å². The molecular formula is C10H9N3O4. The van der Waals surface area contributed by atoms with Crippen LogP contribution in [0.3, 0.4) is 0 Å². The molecule has 7 nitrogen and oxygen atoms in total. The van der Waals surface area contributed by atoms with Crippen molar-refractivity contribution >= 4 is 5.97 Å². The van der Waals surface area contributed by atoms with Gasteiger partial charge >= 0.3 is 17.3 Å². The predicted octanol–water partition coefficient (Wildman–Crippen LogP) is -0.139. The van der Waals surface area contributed by atoms with Gasteiger partial charge in [0.05, 0.1) is 11.3 Å². The van der Waals surface area contributed by atoms with E-state index in [1.807, 2.05) is 0 Å². The molecule has 0 radical (unpaired) electrons. The second-order valence-corrected chi connectivity index (χ2v) is 3.47. The van der Waals surface area contributed by atoms with Crippen LogP contribution in [-0.4, -0.2) is 25.8 Å². The smallest absolute Gasteiger partial charge is 0.349 e. The molecule has 0 saturated carbocycles. The van der Waals surface area contributed by atoms with E-state index in [2.05, 4.69) is 10.2 Å². The molecule has 17 heavy (non-hydrogen) atoms. The Morgan fingerprint density at radius 3 is 2.35 bits per heavy atom. The fourth-order valence-corrected chi connectivity index (χ4v) is 1.65. The maximum Gasteiger partial charge on any atom is 0.349 e. The highest BCUT2D eigenvalue weighted by Gasteiger charge is 2.17. The summed E-state index contributed by atoms with van der Waals surface area (Å²) in [6.07, 6.45) is 0. The number of nitrogens with zero attached hydrogens (tertiary/aromatic N) is 1. The first-order valence-corrected chi connectivity index (χ1v) is 4.75. The van der Waals surface area contributed by atoms with Crippen molar-refractivity contribution in [2.75, 3.05) is 0 Å². The van der Waals surface area contributed by atoms with Crippen LogP contribution in [0, 0.1) is 6.92 Å². The highest BCUT2D eigenvalue weighted by molar-refractivity contribution is 5.93. The molecular weight excluding hydrogens is 226 g/mol. The number of hydrogen-bond acceptors (Lipinski definition) is 3. The molecule has 2 aromatic rings. The Hall–Kier alpha value is -2.57. The SMILES string of the molecule is Cc1cccc(-n2c(=O)[nH][nH]c2=O)c1C(=O)O. The van der Waals surface area contributed by atoms with E-state index in [1.165, 1.54) is 6.07 Å². The predicted molar refractivity (Wildman–Crippen MR) is 58.7 cm³/mol. The summed E-state index contributed by atoms with van der Waals surface area (Å²) in [5.41, 5.74) is -0.960. The van der Waals surface area contributed by atoms with Gasteiger partial charge < -0.3 is 5.11 Å². The van der Waals surface area contributed by atoms with E-state index >= 15 is 0 Å². The Bertz CT molecular complexity index is 665. The Balaban J connectivity index is 2.86. The lowest BCUT2D eigenvalue weighted by Gasteiger charge is -2.07. The van der Waals surface area contributed by atoms with Gasteiger partial charge in [-0.3, -0.25) is 0 Å². The van der Waals surface area contributed by atoms with Crippen LogP contribution in [0.4, 0.5) is 0 Å². The third-order valence-corrected chi connectivity index (χ3v) is 2.39. The van der Waals surface area contributed by atoms with Crippen LogP contribution in [-0.2, 0) is 0 Å². The lowest BCUT2D eigenvalue weighted by molar-refractivity contribution is 0.0696. The van der Waals surface area contributed by atoms with E-state index in [9.17, 15) is 14.4 Å². The number of carboxylic acid groups (broad SMARTS) is 1. The van der Waals surface area contributed by atoms with Gasteiger partial charge in [-0.15, -0.1) is 0 Å². The maximum absolute atomic E-state index is 11.4. The summed E-state index contributed by atoms with van der Waals surface area (Å²) >= 11 is 0. The zero-order valence-electron chi connectivity index (χ0n) is 8.85. The Kier molecular flexibility index (Phi) is 2.43. The van der Waals surface area contributed by atoms with Crippen molar-refractivity contribution in [3.05, 3.63) is 50.3 Å². The monoisotopic (exact) mass is 235 g/mol. The maximum atomic E-state index is 11.4. The molecule has 0 unspecified atom stereocenters. The van der Waals surface area contributed by atoms with Crippen molar-refractivity contribution < 1.29 is 9.90 Å². The van der Waals surface area contributed by atoms with Gasteiger partial charge in [0.2, 0.25) is 0 Å². The molecule has 0 amide bonds. The van der Waals surface area contributed by atoms with Crippen LogP contribution in [0.25, 0.3) is 5.69 Å². The quantitative estimate of drug-likeness (QED) is 0.673. The van der Waals surface area contributed by atoms with E-state index < -0.39 is 17.3 Å². The summed E-state index contributed by atoms with van der Waals surface area (Å²) in [4.78, 5) is 33.9.